The Hall–Kier alpha value is -2.11. The zero-order valence-corrected chi connectivity index (χ0v) is 10.9. The fraction of sp³-hybridized carbons (Fsp3) is 0.357. The van der Waals surface area contributed by atoms with Crippen LogP contribution in [0.4, 0.5) is 14.6 Å². The molecule has 1 aromatic carbocycles. The van der Waals surface area contributed by atoms with Gasteiger partial charge in [-0.1, -0.05) is 18.9 Å². The van der Waals surface area contributed by atoms with Gasteiger partial charge in [-0.25, -0.2) is 18.4 Å². The van der Waals surface area contributed by atoms with Crippen LogP contribution in [0, 0.1) is 11.6 Å². The van der Waals surface area contributed by atoms with E-state index >= 15 is 0 Å². The Balaban J connectivity index is 2.10. The first-order valence-corrected chi connectivity index (χ1v) is 6.67. The van der Waals surface area contributed by atoms with Crippen LogP contribution in [0.15, 0.2) is 18.2 Å². The molecule has 0 bridgehead atoms. The lowest BCUT2D eigenvalue weighted by atomic mass is 10.1. The molecule has 1 saturated carbocycles. The van der Waals surface area contributed by atoms with Crippen molar-refractivity contribution in [2.75, 3.05) is 11.6 Å². The van der Waals surface area contributed by atoms with Crippen LogP contribution in [0.5, 0.6) is 0 Å². The van der Waals surface area contributed by atoms with E-state index in [1.807, 2.05) is 0 Å². The molecule has 2 aromatic rings. The third-order valence-corrected chi connectivity index (χ3v) is 3.90. The van der Waals surface area contributed by atoms with Crippen molar-refractivity contribution in [2.45, 2.75) is 31.6 Å². The summed E-state index contributed by atoms with van der Waals surface area (Å²) in [6.45, 7) is 0. The lowest BCUT2D eigenvalue weighted by Crippen LogP contribution is -2.17. The second-order valence-electron chi connectivity index (χ2n) is 5.16. The van der Waals surface area contributed by atoms with E-state index in [9.17, 15) is 8.78 Å². The van der Waals surface area contributed by atoms with E-state index in [2.05, 4.69) is 4.98 Å². The van der Waals surface area contributed by atoms with E-state index in [0.717, 1.165) is 31.7 Å². The van der Waals surface area contributed by atoms with Crippen LogP contribution < -0.4 is 11.6 Å². The second kappa shape index (κ2) is 4.77. The van der Waals surface area contributed by atoms with Gasteiger partial charge in [0.1, 0.15) is 11.5 Å². The number of hydrogen-bond acceptors (Lipinski definition) is 3. The average Bonchev–Trinajstić information content (AvgIpc) is 3.04. The van der Waals surface area contributed by atoms with Crippen LogP contribution >= 0.6 is 0 Å². The van der Waals surface area contributed by atoms with Crippen LogP contribution in [-0.2, 0) is 0 Å². The quantitative estimate of drug-likeness (QED) is 0.830. The van der Waals surface area contributed by atoms with Crippen LogP contribution in [0.2, 0.25) is 0 Å². The SMILES string of the molecule is Nc1c(-c2cccc(F)c2F)nc(C2CCCC2)n1N. The van der Waals surface area contributed by atoms with Gasteiger partial charge in [-0.2, -0.15) is 0 Å². The maximum atomic E-state index is 13.9. The Morgan fingerprint density at radius 3 is 2.60 bits per heavy atom. The number of hydrogen-bond donors (Lipinski definition) is 2. The highest BCUT2D eigenvalue weighted by molar-refractivity contribution is 5.71. The molecule has 1 aliphatic carbocycles. The number of rotatable bonds is 2. The molecule has 0 spiro atoms. The zero-order chi connectivity index (χ0) is 14.3. The van der Waals surface area contributed by atoms with Crippen molar-refractivity contribution < 1.29 is 8.78 Å². The Morgan fingerprint density at radius 2 is 1.90 bits per heavy atom. The Kier molecular flexibility index (Phi) is 3.08. The highest BCUT2D eigenvalue weighted by Crippen LogP contribution is 2.37. The van der Waals surface area contributed by atoms with Gasteiger partial charge in [0.05, 0.1) is 0 Å². The smallest absolute Gasteiger partial charge is 0.168 e. The number of halogens is 2. The van der Waals surface area contributed by atoms with E-state index in [0.29, 0.717) is 5.82 Å². The van der Waals surface area contributed by atoms with Gasteiger partial charge in [-0.15, -0.1) is 0 Å². The summed E-state index contributed by atoms with van der Waals surface area (Å²) >= 11 is 0. The standard InChI is InChI=1S/C14H16F2N4/c15-10-7-3-6-9(11(10)16)12-13(17)20(18)14(19-12)8-4-1-2-5-8/h3,6-8H,1-2,4-5,17-18H2. The van der Waals surface area contributed by atoms with Crippen LogP contribution in [-0.4, -0.2) is 9.66 Å². The van der Waals surface area contributed by atoms with Gasteiger partial charge in [0.2, 0.25) is 0 Å². The minimum atomic E-state index is -0.949. The third-order valence-electron chi connectivity index (χ3n) is 3.90. The van der Waals surface area contributed by atoms with Crippen molar-refractivity contribution in [1.29, 1.82) is 0 Å². The number of aromatic nitrogens is 2. The van der Waals surface area contributed by atoms with Crippen LogP contribution in [0.3, 0.4) is 0 Å². The molecular weight excluding hydrogens is 262 g/mol. The minimum absolute atomic E-state index is 0.0472. The summed E-state index contributed by atoms with van der Waals surface area (Å²) in [6.07, 6.45) is 4.25. The first-order valence-electron chi connectivity index (χ1n) is 6.67. The maximum absolute atomic E-state index is 13.9. The van der Waals surface area contributed by atoms with Crippen LogP contribution in [0.25, 0.3) is 11.3 Å². The van der Waals surface area contributed by atoms with Gasteiger partial charge in [0, 0.05) is 11.5 Å². The molecule has 3 rings (SSSR count). The minimum Gasteiger partial charge on any atom is -0.382 e. The normalized spacial score (nSPS) is 15.9. The van der Waals surface area contributed by atoms with Gasteiger partial charge in [-0.3, -0.25) is 0 Å². The molecule has 4 nitrogen and oxygen atoms in total. The third kappa shape index (κ3) is 1.92. The molecule has 1 fully saturated rings. The summed E-state index contributed by atoms with van der Waals surface area (Å²) < 4.78 is 28.5. The summed E-state index contributed by atoms with van der Waals surface area (Å²) in [5.74, 6) is 5.11. The molecule has 0 saturated heterocycles. The summed E-state index contributed by atoms with van der Waals surface area (Å²) in [4.78, 5) is 4.37. The highest BCUT2D eigenvalue weighted by atomic mass is 19.2. The van der Waals surface area contributed by atoms with E-state index in [-0.39, 0.29) is 23.0 Å². The Bertz CT molecular complexity index is 645. The van der Waals surface area contributed by atoms with E-state index in [1.54, 1.807) is 0 Å². The number of benzene rings is 1. The lowest BCUT2D eigenvalue weighted by Gasteiger charge is -2.08. The number of nitrogens with zero attached hydrogens (tertiary/aromatic N) is 2. The first kappa shape index (κ1) is 12.9. The molecule has 20 heavy (non-hydrogen) atoms. The molecule has 1 aliphatic rings. The van der Waals surface area contributed by atoms with Crippen molar-refractivity contribution in [3.05, 3.63) is 35.7 Å². The molecule has 6 heteroatoms. The van der Waals surface area contributed by atoms with Gasteiger partial charge >= 0.3 is 0 Å². The zero-order valence-electron chi connectivity index (χ0n) is 10.9. The predicted molar refractivity (Wildman–Crippen MR) is 73.4 cm³/mol. The summed E-state index contributed by atoms with van der Waals surface area (Å²) in [5.41, 5.74) is 6.17. The monoisotopic (exact) mass is 278 g/mol. The fourth-order valence-electron chi connectivity index (χ4n) is 2.82. The predicted octanol–water partition coefficient (Wildman–Crippen LogP) is 2.78. The van der Waals surface area contributed by atoms with Gasteiger partial charge in [0.15, 0.2) is 17.5 Å². The maximum Gasteiger partial charge on any atom is 0.168 e. The molecule has 0 radical (unpaired) electrons. The molecule has 106 valence electrons. The Labute approximate surface area is 115 Å². The number of nitrogens with two attached hydrogens (primary N) is 2. The lowest BCUT2D eigenvalue weighted by molar-refractivity contribution is 0.511. The summed E-state index contributed by atoms with van der Waals surface area (Å²) in [7, 11) is 0. The largest absolute Gasteiger partial charge is 0.382 e. The highest BCUT2D eigenvalue weighted by Gasteiger charge is 2.26. The van der Waals surface area contributed by atoms with Gasteiger partial charge in [-0.05, 0) is 25.0 Å². The molecule has 0 atom stereocenters. The Morgan fingerprint density at radius 1 is 1.20 bits per heavy atom. The number of imidazole rings is 1. The second-order valence-corrected chi connectivity index (χ2v) is 5.16. The molecule has 1 aromatic heterocycles. The topological polar surface area (TPSA) is 69.9 Å². The molecular formula is C14H16F2N4. The molecule has 0 amide bonds. The van der Waals surface area contributed by atoms with Gasteiger partial charge < -0.3 is 11.6 Å². The molecule has 0 unspecified atom stereocenters. The first-order chi connectivity index (χ1) is 9.59. The van der Waals surface area contributed by atoms with E-state index in [1.165, 1.54) is 16.8 Å². The summed E-state index contributed by atoms with van der Waals surface area (Å²) in [6, 6.07) is 3.94. The molecule has 0 aliphatic heterocycles. The van der Waals surface area contributed by atoms with E-state index < -0.39 is 11.6 Å². The number of nitrogen functional groups attached to an aromatic ring is 2. The van der Waals surface area contributed by atoms with Crippen molar-refractivity contribution >= 4 is 5.82 Å². The molecule has 4 N–H and O–H groups in total. The van der Waals surface area contributed by atoms with Crippen molar-refractivity contribution in [1.82, 2.24) is 9.66 Å². The summed E-state index contributed by atoms with van der Waals surface area (Å²) in [5, 5.41) is 0. The fourth-order valence-corrected chi connectivity index (χ4v) is 2.82. The van der Waals surface area contributed by atoms with Crippen molar-refractivity contribution in [3.8, 4) is 11.3 Å². The van der Waals surface area contributed by atoms with Crippen molar-refractivity contribution in [3.63, 3.8) is 0 Å². The van der Waals surface area contributed by atoms with Crippen LogP contribution in [0.1, 0.15) is 37.4 Å². The average molecular weight is 278 g/mol. The number of anilines is 1. The van der Waals surface area contributed by atoms with E-state index in [4.69, 9.17) is 11.6 Å². The molecule has 1 heterocycles. The van der Waals surface area contributed by atoms with Gasteiger partial charge in [0.25, 0.3) is 0 Å². The van der Waals surface area contributed by atoms with Crippen molar-refractivity contribution in [2.24, 2.45) is 0 Å².